The van der Waals surface area contributed by atoms with Crippen LogP contribution in [0.1, 0.15) is 13.3 Å². The average Bonchev–Trinajstić information content (AvgIpc) is 2.27. The lowest BCUT2D eigenvalue weighted by Gasteiger charge is -2.33. The van der Waals surface area contributed by atoms with Gasteiger partial charge in [0.2, 0.25) is 0 Å². The Labute approximate surface area is 105 Å². The highest BCUT2D eigenvalue weighted by molar-refractivity contribution is 8.76. The van der Waals surface area contributed by atoms with Gasteiger partial charge in [0.25, 0.3) is 0 Å². The Morgan fingerprint density at radius 3 is 2.50 bits per heavy atom. The van der Waals surface area contributed by atoms with Gasteiger partial charge in [-0.25, -0.2) is 4.79 Å². The van der Waals surface area contributed by atoms with Gasteiger partial charge in [-0.3, -0.25) is 4.90 Å². The standard InChI is InChI=1S/C10H20N2O2S2/c1-9(16-15-2)3-4-11-5-7-12(8-6-11)10(13)14/h9H,3-8H2,1-2H3,(H,13,14). The number of hydrogen-bond donors (Lipinski definition) is 1. The van der Waals surface area contributed by atoms with Crippen molar-refractivity contribution in [2.75, 3.05) is 39.0 Å². The molecule has 0 aromatic carbocycles. The third-order valence-electron chi connectivity index (χ3n) is 2.76. The van der Waals surface area contributed by atoms with Gasteiger partial charge >= 0.3 is 6.09 Å². The summed E-state index contributed by atoms with van der Waals surface area (Å²) in [7, 11) is 3.72. The minimum atomic E-state index is -0.786. The maximum Gasteiger partial charge on any atom is 0.407 e. The van der Waals surface area contributed by atoms with E-state index in [1.165, 1.54) is 11.3 Å². The number of hydrogen-bond acceptors (Lipinski definition) is 4. The molecule has 1 aliphatic rings. The van der Waals surface area contributed by atoms with Crippen LogP contribution in [-0.2, 0) is 0 Å². The van der Waals surface area contributed by atoms with Crippen molar-refractivity contribution in [3.8, 4) is 0 Å². The number of piperazine rings is 1. The third kappa shape index (κ3) is 4.84. The fourth-order valence-corrected chi connectivity index (χ4v) is 3.54. The van der Waals surface area contributed by atoms with Crippen LogP contribution in [0, 0.1) is 0 Å². The summed E-state index contributed by atoms with van der Waals surface area (Å²) in [5.74, 6) is 0. The van der Waals surface area contributed by atoms with Gasteiger partial charge in [0.1, 0.15) is 0 Å². The van der Waals surface area contributed by atoms with Gasteiger partial charge in [-0.2, -0.15) is 0 Å². The molecule has 1 unspecified atom stereocenters. The number of amides is 1. The van der Waals surface area contributed by atoms with Crippen LogP contribution in [0.3, 0.4) is 0 Å². The molecule has 1 aliphatic heterocycles. The Morgan fingerprint density at radius 2 is 2.00 bits per heavy atom. The largest absolute Gasteiger partial charge is 0.465 e. The molecule has 16 heavy (non-hydrogen) atoms. The summed E-state index contributed by atoms with van der Waals surface area (Å²) in [6, 6.07) is 0. The first-order valence-electron chi connectivity index (χ1n) is 5.53. The van der Waals surface area contributed by atoms with Crippen molar-refractivity contribution in [2.24, 2.45) is 0 Å². The fraction of sp³-hybridized carbons (Fsp3) is 0.900. The van der Waals surface area contributed by atoms with E-state index in [4.69, 9.17) is 5.11 Å². The molecule has 1 N–H and O–H groups in total. The molecule has 1 atom stereocenters. The normalized spacial score (nSPS) is 19.8. The highest BCUT2D eigenvalue weighted by Gasteiger charge is 2.20. The lowest BCUT2D eigenvalue weighted by Crippen LogP contribution is -2.48. The van der Waals surface area contributed by atoms with Crippen molar-refractivity contribution < 1.29 is 9.90 Å². The summed E-state index contributed by atoms with van der Waals surface area (Å²) in [5, 5.41) is 9.49. The second-order valence-electron chi connectivity index (χ2n) is 3.97. The van der Waals surface area contributed by atoms with E-state index in [9.17, 15) is 4.79 Å². The molecular formula is C10H20N2O2S2. The molecule has 0 aromatic heterocycles. The van der Waals surface area contributed by atoms with Crippen molar-refractivity contribution in [2.45, 2.75) is 18.6 Å². The topological polar surface area (TPSA) is 43.8 Å². The highest BCUT2D eigenvalue weighted by Crippen LogP contribution is 2.25. The number of carbonyl (C=O) groups is 1. The van der Waals surface area contributed by atoms with E-state index in [0.29, 0.717) is 18.3 Å². The van der Waals surface area contributed by atoms with Gasteiger partial charge in [0.05, 0.1) is 0 Å². The highest BCUT2D eigenvalue weighted by atomic mass is 33.1. The predicted octanol–water partition coefficient (Wildman–Crippen LogP) is 2.07. The second-order valence-corrected chi connectivity index (χ2v) is 6.88. The minimum Gasteiger partial charge on any atom is -0.465 e. The van der Waals surface area contributed by atoms with Crippen LogP contribution < -0.4 is 0 Å². The number of rotatable bonds is 5. The Hall–Kier alpha value is -0.0700. The van der Waals surface area contributed by atoms with Crippen molar-refractivity contribution in [1.29, 1.82) is 0 Å². The SMILES string of the molecule is CSSC(C)CCN1CCN(C(=O)O)CC1. The zero-order valence-corrected chi connectivity index (χ0v) is 11.5. The summed E-state index contributed by atoms with van der Waals surface area (Å²) < 4.78 is 0. The van der Waals surface area contributed by atoms with E-state index in [0.717, 1.165) is 19.6 Å². The molecule has 0 bridgehead atoms. The molecule has 6 heteroatoms. The molecule has 1 heterocycles. The quantitative estimate of drug-likeness (QED) is 0.770. The van der Waals surface area contributed by atoms with Crippen molar-refractivity contribution in [3.63, 3.8) is 0 Å². The van der Waals surface area contributed by atoms with E-state index in [2.05, 4.69) is 18.1 Å². The van der Waals surface area contributed by atoms with Gasteiger partial charge in [0.15, 0.2) is 0 Å². The molecule has 0 saturated carbocycles. The first-order chi connectivity index (χ1) is 7.63. The average molecular weight is 264 g/mol. The van der Waals surface area contributed by atoms with Gasteiger partial charge in [-0.1, -0.05) is 28.5 Å². The van der Waals surface area contributed by atoms with Crippen LogP contribution >= 0.6 is 21.6 Å². The molecule has 0 aromatic rings. The lowest BCUT2D eigenvalue weighted by molar-refractivity contribution is 0.105. The summed E-state index contributed by atoms with van der Waals surface area (Å²) >= 11 is 0. The maximum absolute atomic E-state index is 10.7. The Bertz CT molecular complexity index is 221. The summed E-state index contributed by atoms with van der Waals surface area (Å²) in [6.07, 6.45) is 2.50. The third-order valence-corrected chi connectivity index (χ3v) is 5.07. The molecule has 0 spiro atoms. The van der Waals surface area contributed by atoms with Gasteiger partial charge in [-0.15, -0.1) is 0 Å². The van der Waals surface area contributed by atoms with Crippen molar-refractivity contribution in [3.05, 3.63) is 0 Å². The maximum atomic E-state index is 10.7. The van der Waals surface area contributed by atoms with Crippen LogP contribution in [0.4, 0.5) is 4.79 Å². The monoisotopic (exact) mass is 264 g/mol. The molecular weight excluding hydrogens is 244 g/mol. The van der Waals surface area contributed by atoms with Gasteiger partial charge < -0.3 is 10.0 Å². The zero-order chi connectivity index (χ0) is 12.0. The second kappa shape index (κ2) is 7.29. The van der Waals surface area contributed by atoms with Crippen LogP contribution in [0.25, 0.3) is 0 Å². The number of nitrogens with zero attached hydrogens (tertiary/aromatic N) is 2. The van der Waals surface area contributed by atoms with E-state index in [1.807, 2.05) is 21.6 Å². The van der Waals surface area contributed by atoms with Crippen LogP contribution in [0.2, 0.25) is 0 Å². The fourth-order valence-electron chi connectivity index (χ4n) is 1.74. The summed E-state index contributed by atoms with van der Waals surface area (Å²) in [4.78, 5) is 14.6. The van der Waals surface area contributed by atoms with Crippen molar-refractivity contribution >= 4 is 27.7 Å². The molecule has 4 nitrogen and oxygen atoms in total. The van der Waals surface area contributed by atoms with Crippen molar-refractivity contribution in [1.82, 2.24) is 9.80 Å². The Balaban J connectivity index is 2.14. The molecule has 94 valence electrons. The summed E-state index contributed by atoms with van der Waals surface area (Å²) in [5.41, 5.74) is 0. The first-order valence-corrected chi connectivity index (χ1v) is 8.15. The lowest BCUT2D eigenvalue weighted by atomic mass is 10.2. The van der Waals surface area contributed by atoms with E-state index >= 15 is 0 Å². The molecule has 1 amide bonds. The Kier molecular flexibility index (Phi) is 6.38. The smallest absolute Gasteiger partial charge is 0.407 e. The van der Waals surface area contributed by atoms with E-state index < -0.39 is 6.09 Å². The molecule has 1 rings (SSSR count). The van der Waals surface area contributed by atoms with E-state index in [-0.39, 0.29) is 0 Å². The van der Waals surface area contributed by atoms with Crippen LogP contribution in [0.5, 0.6) is 0 Å². The molecule has 1 saturated heterocycles. The molecule has 0 radical (unpaired) electrons. The molecule has 0 aliphatic carbocycles. The zero-order valence-electron chi connectivity index (χ0n) is 9.89. The first kappa shape index (κ1) is 14.0. The predicted molar refractivity (Wildman–Crippen MR) is 71.2 cm³/mol. The number of carboxylic acid groups (broad SMARTS) is 1. The van der Waals surface area contributed by atoms with E-state index in [1.54, 1.807) is 0 Å². The van der Waals surface area contributed by atoms with Crippen LogP contribution in [-0.4, -0.2) is 65.2 Å². The van der Waals surface area contributed by atoms with Gasteiger partial charge in [0, 0.05) is 31.4 Å². The molecule has 1 fully saturated rings. The minimum absolute atomic E-state index is 0.652. The Morgan fingerprint density at radius 1 is 1.38 bits per heavy atom. The van der Waals surface area contributed by atoms with Crippen LogP contribution in [0.15, 0.2) is 0 Å². The summed E-state index contributed by atoms with van der Waals surface area (Å²) in [6.45, 7) is 6.39. The van der Waals surface area contributed by atoms with Gasteiger partial charge in [-0.05, 0) is 19.2 Å².